The zero-order valence-electron chi connectivity index (χ0n) is 12.6. The van der Waals surface area contributed by atoms with Gasteiger partial charge in [-0.25, -0.2) is 0 Å². The maximum Gasteiger partial charge on any atom is 0.226 e. The quantitative estimate of drug-likeness (QED) is 0.491. The molecule has 0 unspecified atom stereocenters. The Morgan fingerprint density at radius 2 is 1.79 bits per heavy atom. The number of nitrogens with one attached hydrogen (secondary N) is 1. The maximum atomic E-state index is 12.5. The molecule has 1 saturated carbocycles. The van der Waals surface area contributed by atoms with Gasteiger partial charge in [-0.2, -0.15) is 0 Å². The molecule has 1 aliphatic carbocycles. The van der Waals surface area contributed by atoms with Gasteiger partial charge in [0.1, 0.15) is 0 Å². The topological polar surface area (TPSA) is 29.1 Å². The lowest BCUT2D eigenvalue weighted by Gasteiger charge is -2.29. The molecule has 112 valence electrons. The van der Waals surface area contributed by atoms with Gasteiger partial charge in [0.05, 0.1) is 0 Å². The molecule has 1 fully saturated rings. The van der Waals surface area contributed by atoms with Crippen LogP contribution < -0.4 is 5.32 Å². The molecule has 1 N–H and O–H groups in total. The van der Waals surface area contributed by atoms with E-state index >= 15 is 0 Å². The Morgan fingerprint density at radius 3 is 2.37 bits per heavy atom. The maximum absolute atomic E-state index is 12.5. The monoisotopic (exact) mass is 287 g/mol. The summed E-state index contributed by atoms with van der Waals surface area (Å²) in [5.74, 6) is 1.67. The van der Waals surface area contributed by atoms with Crippen molar-refractivity contribution >= 4 is 17.5 Å². The van der Waals surface area contributed by atoms with Gasteiger partial charge in [0.15, 0.2) is 0 Å². The predicted octanol–water partition coefficient (Wildman–Crippen LogP) is 4.51. The minimum absolute atomic E-state index is 0.0513. The number of carbonyl (C=O) groups excluding carboxylic acids is 1. The van der Waals surface area contributed by atoms with Crippen LogP contribution >= 0.6 is 11.6 Å². The second-order valence-electron chi connectivity index (χ2n) is 6.44. The van der Waals surface area contributed by atoms with Gasteiger partial charge in [-0.15, -0.1) is 11.6 Å². The number of carbonyl (C=O) groups is 1. The van der Waals surface area contributed by atoms with Gasteiger partial charge in [0.2, 0.25) is 5.91 Å². The van der Waals surface area contributed by atoms with Crippen molar-refractivity contribution in [2.75, 3.05) is 12.4 Å². The van der Waals surface area contributed by atoms with Gasteiger partial charge in [-0.1, -0.05) is 39.5 Å². The zero-order chi connectivity index (χ0) is 14.1. The average molecular weight is 288 g/mol. The molecular weight excluding hydrogens is 258 g/mol. The van der Waals surface area contributed by atoms with Crippen LogP contribution in [0.2, 0.25) is 0 Å². The lowest BCUT2D eigenvalue weighted by molar-refractivity contribution is -0.131. The third kappa shape index (κ3) is 5.72. The highest BCUT2D eigenvalue weighted by molar-refractivity contribution is 6.17. The van der Waals surface area contributed by atoms with Crippen LogP contribution in [-0.4, -0.2) is 18.3 Å². The molecule has 0 aromatic heterocycles. The summed E-state index contributed by atoms with van der Waals surface area (Å²) in [6.45, 7) is 5.28. The predicted molar refractivity (Wildman–Crippen MR) is 82.6 cm³/mol. The van der Waals surface area contributed by atoms with E-state index in [0.29, 0.717) is 11.8 Å². The van der Waals surface area contributed by atoms with E-state index in [-0.39, 0.29) is 5.41 Å². The SMILES string of the molecule is CC(C)CC1(C(=O)NCCCCCCCl)CCCC1. The van der Waals surface area contributed by atoms with Crippen LogP contribution in [0, 0.1) is 11.3 Å². The van der Waals surface area contributed by atoms with E-state index in [1.165, 1.54) is 25.7 Å². The Hall–Kier alpha value is -0.240. The van der Waals surface area contributed by atoms with Crippen LogP contribution in [0.1, 0.15) is 71.6 Å². The summed E-state index contributed by atoms with van der Waals surface area (Å²) < 4.78 is 0. The summed E-state index contributed by atoms with van der Waals surface area (Å²) in [6.07, 6.45) is 10.2. The van der Waals surface area contributed by atoms with Crippen molar-refractivity contribution in [2.24, 2.45) is 11.3 Å². The van der Waals surface area contributed by atoms with E-state index in [1.54, 1.807) is 0 Å². The van der Waals surface area contributed by atoms with E-state index in [9.17, 15) is 4.79 Å². The van der Waals surface area contributed by atoms with Crippen LogP contribution in [0.3, 0.4) is 0 Å². The van der Waals surface area contributed by atoms with E-state index in [2.05, 4.69) is 19.2 Å². The minimum atomic E-state index is -0.0513. The van der Waals surface area contributed by atoms with Crippen molar-refractivity contribution in [1.29, 1.82) is 0 Å². The normalized spacial score (nSPS) is 17.9. The molecule has 19 heavy (non-hydrogen) atoms. The molecule has 0 saturated heterocycles. The summed E-state index contributed by atoms with van der Waals surface area (Å²) in [4.78, 5) is 12.5. The Kier molecular flexibility index (Phi) is 7.82. The van der Waals surface area contributed by atoms with E-state index < -0.39 is 0 Å². The number of unbranched alkanes of at least 4 members (excludes halogenated alkanes) is 3. The molecule has 1 aliphatic rings. The molecule has 0 radical (unpaired) electrons. The van der Waals surface area contributed by atoms with Gasteiger partial charge < -0.3 is 5.32 Å². The van der Waals surface area contributed by atoms with Gasteiger partial charge in [-0.05, 0) is 38.0 Å². The Labute approximate surface area is 123 Å². The van der Waals surface area contributed by atoms with Crippen LogP contribution in [0.25, 0.3) is 0 Å². The van der Waals surface area contributed by atoms with Crippen molar-refractivity contribution < 1.29 is 4.79 Å². The van der Waals surface area contributed by atoms with Crippen molar-refractivity contribution in [3.05, 3.63) is 0 Å². The standard InChI is InChI=1S/C16H30ClNO/c1-14(2)13-16(9-5-6-10-16)15(19)18-12-8-4-3-7-11-17/h14H,3-13H2,1-2H3,(H,18,19). The number of hydrogen-bond acceptors (Lipinski definition) is 1. The van der Waals surface area contributed by atoms with Gasteiger partial charge in [-0.3, -0.25) is 4.79 Å². The largest absolute Gasteiger partial charge is 0.356 e. The molecule has 2 nitrogen and oxygen atoms in total. The molecule has 0 atom stereocenters. The van der Waals surface area contributed by atoms with Crippen molar-refractivity contribution in [1.82, 2.24) is 5.32 Å². The second kappa shape index (κ2) is 8.84. The lowest BCUT2D eigenvalue weighted by Crippen LogP contribution is -2.40. The summed E-state index contributed by atoms with van der Waals surface area (Å²) in [5.41, 5.74) is -0.0513. The fourth-order valence-corrected chi connectivity index (χ4v) is 3.51. The van der Waals surface area contributed by atoms with Gasteiger partial charge in [0, 0.05) is 17.8 Å². The molecule has 0 spiro atoms. The second-order valence-corrected chi connectivity index (χ2v) is 6.82. The fourth-order valence-electron chi connectivity index (χ4n) is 3.32. The Balaban J connectivity index is 2.29. The van der Waals surface area contributed by atoms with E-state index in [4.69, 9.17) is 11.6 Å². The van der Waals surface area contributed by atoms with Gasteiger partial charge >= 0.3 is 0 Å². The molecule has 1 amide bonds. The average Bonchev–Trinajstić information content (AvgIpc) is 2.82. The summed E-state index contributed by atoms with van der Waals surface area (Å²) in [5, 5.41) is 3.18. The first-order valence-corrected chi connectivity index (χ1v) is 8.48. The number of hydrogen-bond donors (Lipinski definition) is 1. The van der Waals surface area contributed by atoms with Crippen LogP contribution in [-0.2, 0) is 4.79 Å². The number of rotatable bonds is 9. The summed E-state index contributed by atoms with van der Waals surface area (Å²) in [7, 11) is 0. The highest BCUT2D eigenvalue weighted by Gasteiger charge is 2.40. The number of amides is 1. The minimum Gasteiger partial charge on any atom is -0.356 e. The van der Waals surface area contributed by atoms with Crippen molar-refractivity contribution in [3.8, 4) is 0 Å². The zero-order valence-corrected chi connectivity index (χ0v) is 13.4. The molecule has 0 heterocycles. The molecule has 1 rings (SSSR count). The van der Waals surface area contributed by atoms with Crippen LogP contribution in [0.5, 0.6) is 0 Å². The molecule has 0 bridgehead atoms. The first kappa shape index (κ1) is 16.8. The molecule has 0 aromatic rings. The number of alkyl halides is 1. The van der Waals surface area contributed by atoms with Crippen molar-refractivity contribution in [3.63, 3.8) is 0 Å². The van der Waals surface area contributed by atoms with Crippen LogP contribution in [0.15, 0.2) is 0 Å². The molecule has 0 aliphatic heterocycles. The van der Waals surface area contributed by atoms with Crippen LogP contribution in [0.4, 0.5) is 0 Å². The first-order chi connectivity index (χ1) is 9.10. The molecule has 0 aromatic carbocycles. The number of halogens is 1. The smallest absolute Gasteiger partial charge is 0.226 e. The van der Waals surface area contributed by atoms with E-state index in [1.807, 2.05) is 0 Å². The van der Waals surface area contributed by atoms with E-state index in [0.717, 1.165) is 44.5 Å². The molecule has 3 heteroatoms. The third-order valence-corrected chi connectivity index (χ3v) is 4.45. The third-order valence-electron chi connectivity index (χ3n) is 4.19. The lowest BCUT2D eigenvalue weighted by atomic mass is 9.77. The Bertz CT molecular complexity index is 259. The highest BCUT2D eigenvalue weighted by Crippen LogP contribution is 2.43. The summed E-state index contributed by atoms with van der Waals surface area (Å²) in [6, 6.07) is 0. The summed E-state index contributed by atoms with van der Waals surface area (Å²) >= 11 is 5.65. The fraction of sp³-hybridized carbons (Fsp3) is 0.938. The van der Waals surface area contributed by atoms with Gasteiger partial charge in [0.25, 0.3) is 0 Å². The highest BCUT2D eigenvalue weighted by atomic mass is 35.5. The Morgan fingerprint density at radius 1 is 1.16 bits per heavy atom. The molecular formula is C16H30ClNO. The first-order valence-electron chi connectivity index (χ1n) is 7.95. The van der Waals surface area contributed by atoms with Crippen molar-refractivity contribution in [2.45, 2.75) is 71.6 Å².